The van der Waals surface area contributed by atoms with Crippen molar-refractivity contribution in [2.45, 2.75) is 0 Å². The number of nitrogens with zero attached hydrogens (tertiary/aromatic N) is 4. The molecule has 5 heteroatoms. The molecule has 0 saturated carbocycles. The van der Waals surface area contributed by atoms with Crippen molar-refractivity contribution in [3.8, 4) is 11.3 Å². The van der Waals surface area contributed by atoms with Gasteiger partial charge in [-0.15, -0.1) is 0 Å². The van der Waals surface area contributed by atoms with Crippen molar-refractivity contribution in [3.63, 3.8) is 0 Å². The summed E-state index contributed by atoms with van der Waals surface area (Å²) in [6.45, 7) is 0. The van der Waals surface area contributed by atoms with Gasteiger partial charge < -0.3 is 5.32 Å². The van der Waals surface area contributed by atoms with Gasteiger partial charge in [0.2, 0.25) is 0 Å². The van der Waals surface area contributed by atoms with Crippen LogP contribution in [0, 0.1) is 0 Å². The summed E-state index contributed by atoms with van der Waals surface area (Å²) >= 11 is 0. The molecule has 0 aromatic carbocycles. The van der Waals surface area contributed by atoms with Gasteiger partial charge in [0.1, 0.15) is 5.82 Å². The van der Waals surface area contributed by atoms with E-state index in [4.69, 9.17) is 0 Å². The van der Waals surface area contributed by atoms with E-state index in [-0.39, 0.29) is 0 Å². The van der Waals surface area contributed by atoms with Crippen LogP contribution in [0.25, 0.3) is 22.0 Å². The van der Waals surface area contributed by atoms with E-state index in [2.05, 4.69) is 26.4 Å². The van der Waals surface area contributed by atoms with Crippen molar-refractivity contribution < 1.29 is 0 Å². The zero-order valence-corrected chi connectivity index (χ0v) is 10.3. The Kier molecular flexibility index (Phi) is 2.44. The summed E-state index contributed by atoms with van der Waals surface area (Å²) in [4.78, 5) is 8.70. The third-order valence-electron chi connectivity index (χ3n) is 2.86. The van der Waals surface area contributed by atoms with Crippen LogP contribution >= 0.6 is 0 Å². The van der Waals surface area contributed by atoms with Crippen molar-refractivity contribution in [2.24, 2.45) is 7.05 Å². The van der Waals surface area contributed by atoms with Crippen LogP contribution in [0.15, 0.2) is 36.9 Å². The first-order valence-corrected chi connectivity index (χ1v) is 5.69. The number of pyridine rings is 2. The van der Waals surface area contributed by atoms with Gasteiger partial charge in [0.15, 0.2) is 0 Å². The summed E-state index contributed by atoms with van der Waals surface area (Å²) in [5, 5.41) is 9.34. The van der Waals surface area contributed by atoms with Crippen LogP contribution in [0.2, 0.25) is 0 Å². The van der Waals surface area contributed by atoms with Gasteiger partial charge in [-0.3, -0.25) is 9.67 Å². The Balaban J connectivity index is 2.14. The van der Waals surface area contributed by atoms with Crippen LogP contribution in [-0.4, -0.2) is 26.8 Å². The van der Waals surface area contributed by atoms with Crippen LogP contribution < -0.4 is 5.32 Å². The van der Waals surface area contributed by atoms with Gasteiger partial charge in [-0.25, -0.2) is 4.98 Å². The minimum atomic E-state index is 0.853. The first-order chi connectivity index (χ1) is 8.76. The fraction of sp³-hybridized carbons (Fsp3) is 0.154. The highest BCUT2D eigenvalue weighted by Gasteiger charge is 2.04. The highest BCUT2D eigenvalue weighted by atomic mass is 15.2. The lowest BCUT2D eigenvalue weighted by Gasteiger charge is -2.03. The molecule has 90 valence electrons. The molecule has 5 nitrogen and oxygen atoms in total. The van der Waals surface area contributed by atoms with E-state index in [1.54, 1.807) is 4.68 Å². The minimum absolute atomic E-state index is 0.853. The second-order valence-electron chi connectivity index (χ2n) is 4.14. The number of hydrogen-bond donors (Lipinski definition) is 1. The lowest BCUT2D eigenvalue weighted by atomic mass is 10.1. The molecule has 3 aromatic rings. The predicted molar refractivity (Wildman–Crippen MR) is 71.3 cm³/mol. The van der Waals surface area contributed by atoms with E-state index in [0.717, 1.165) is 27.8 Å². The SMILES string of the molecule is CNc1cc2cc(-c3cnn(C)c3)ncc2cn1. The largest absolute Gasteiger partial charge is 0.373 e. The fourth-order valence-corrected chi connectivity index (χ4v) is 1.89. The molecule has 0 radical (unpaired) electrons. The number of rotatable bonds is 2. The molecule has 0 aliphatic heterocycles. The number of aryl methyl sites for hydroxylation is 1. The van der Waals surface area contributed by atoms with Gasteiger partial charge in [0.25, 0.3) is 0 Å². The van der Waals surface area contributed by atoms with E-state index in [0.29, 0.717) is 0 Å². The van der Waals surface area contributed by atoms with Crippen molar-refractivity contribution in [2.75, 3.05) is 12.4 Å². The quantitative estimate of drug-likeness (QED) is 0.743. The molecule has 0 aliphatic carbocycles. The van der Waals surface area contributed by atoms with E-state index < -0.39 is 0 Å². The Morgan fingerprint density at radius 2 is 1.89 bits per heavy atom. The summed E-state index contributed by atoms with van der Waals surface area (Å²) in [6, 6.07) is 4.06. The second-order valence-corrected chi connectivity index (χ2v) is 4.14. The van der Waals surface area contributed by atoms with E-state index >= 15 is 0 Å². The fourth-order valence-electron chi connectivity index (χ4n) is 1.89. The maximum absolute atomic E-state index is 4.43. The Hall–Kier alpha value is -2.43. The maximum Gasteiger partial charge on any atom is 0.126 e. The van der Waals surface area contributed by atoms with Gasteiger partial charge in [-0.05, 0) is 17.5 Å². The molecule has 0 saturated heterocycles. The van der Waals surface area contributed by atoms with Gasteiger partial charge in [0.05, 0.1) is 11.9 Å². The topological polar surface area (TPSA) is 55.6 Å². The van der Waals surface area contributed by atoms with Crippen LogP contribution in [0.5, 0.6) is 0 Å². The molecular formula is C13H13N5. The monoisotopic (exact) mass is 239 g/mol. The van der Waals surface area contributed by atoms with Gasteiger partial charge in [0, 0.05) is 43.6 Å². The van der Waals surface area contributed by atoms with Crippen molar-refractivity contribution in [3.05, 3.63) is 36.9 Å². The zero-order chi connectivity index (χ0) is 12.5. The van der Waals surface area contributed by atoms with Crippen LogP contribution in [0.4, 0.5) is 5.82 Å². The molecule has 0 fully saturated rings. The number of hydrogen-bond acceptors (Lipinski definition) is 4. The Bertz CT molecular complexity index is 701. The number of nitrogens with one attached hydrogen (secondary N) is 1. The Morgan fingerprint density at radius 1 is 1.06 bits per heavy atom. The molecule has 3 aromatic heterocycles. The van der Waals surface area contributed by atoms with E-state index in [1.165, 1.54) is 0 Å². The van der Waals surface area contributed by atoms with Crippen molar-refractivity contribution in [1.82, 2.24) is 19.7 Å². The Labute approximate surface area is 104 Å². The number of fused-ring (bicyclic) bond motifs is 1. The molecule has 0 aliphatic rings. The maximum atomic E-state index is 4.43. The van der Waals surface area contributed by atoms with Crippen LogP contribution in [0.3, 0.4) is 0 Å². The summed E-state index contributed by atoms with van der Waals surface area (Å²) < 4.78 is 1.77. The molecule has 0 bridgehead atoms. The van der Waals surface area contributed by atoms with Crippen LogP contribution in [-0.2, 0) is 7.05 Å². The first kappa shape index (κ1) is 10.7. The molecule has 0 unspecified atom stereocenters. The van der Waals surface area contributed by atoms with E-state index in [9.17, 15) is 0 Å². The summed E-state index contributed by atoms with van der Waals surface area (Å²) in [5.41, 5.74) is 1.94. The van der Waals surface area contributed by atoms with Gasteiger partial charge in [-0.2, -0.15) is 5.10 Å². The molecule has 0 amide bonds. The molecule has 3 rings (SSSR count). The first-order valence-electron chi connectivity index (χ1n) is 5.69. The highest BCUT2D eigenvalue weighted by Crippen LogP contribution is 2.22. The summed E-state index contributed by atoms with van der Waals surface area (Å²) in [7, 11) is 3.75. The standard InChI is InChI=1S/C13H13N5/c1-14-13-4-9-3-12(11-7-17-18(2)8-11)15-5-10(9)6-16-13/h3-8H,1-2H3,(H,14,16). The molecule has 0 spiro atoms. The van der Waals surface area contributed by atoms with Crippen molar-refractivity contribution in [1.29, 1.82) is 0 Å². The normalized spacial score (nSPS) is 10.8. The predicted octanol–water partition coefficient (Wildman–Crippen LogP) is 2.07. The molecule has 1 N–H and O–H groups in total. The summed E-state index contributed by atoms with van der Waals surface area (Å²) in [6.07, 6.45) is 7.42. The van der Waals surface area contributed by atoms with Crippen LogP contribution in [0.1, 0.15) is 0 Å². The third-order valence-corrected chi connectivity index (χ3v) is 2.86. The van der Waals surface area contributed by atoms with Crippen molar-refractivity contribution >= 4 is 16.6 Å². The molecule has 0 atom stereocenters. The van der Waals surface area contributed by atoms with E-state index in [1.807, 2.05) is 44.9 Å². The second kappa shape index (κ2) is 4.10. The molecular weight excluding hydrogens is 226 g/mol. The average molecular weight is 239 g/mol. The minimum Gasteiger partial charge on any atom is -0.373 e. The smallest absolute Gasteiger partial charge is 0.126 e. The number of aromatic nitrogens is 4. The lowest BCUT2D eigenvalue weighted by molar-refractivity contribution is 0.768. The zero-order valence-electron chi connectivity index (χ0n) is 10.3. The van der Waals surface area contributed by atoms with Gasteiger partial charge in [-0.1, -0.05) is 0 Å². The third kappa shape index (κ3) is 1.79. The molecule has 3 heterocycles. The molecule has 18 heavy (non-hydrogen) atoms. The summed E-state index contributed by atoms with van der Waals surface area (Å²) in [5.74, 6) is 0.853. The Morgan fingerprint density at radius 3 is 2.61 bits per heavy atom. The highest BCUT2D eigenvalue weighted by molar-refractivity contribution is 5.86. The lowest BCUT2D eigenvalue weighted by Crippen LogP contribution is -1.92. The number of anilines is 1. The van der Waals surface area contributed by atoms with Gasteiger partial charge >= 0.3 is 0 Å². The average Bonchev–Trinajstić information content (AvgIpc) is 2.84.